The van der Waals surface area contributed by atoms with Crippen LogP contribution in [-0.4, -0.2) is 33.5 Å². The molecule has 2 aliphatic rings. The Morgan fingerprint density at radius 3 is 2.52 bits per heavy atom. The summed E-state index contributed by atoms with van der Waals surface area (Å²) in [6.07, 6.45) is -0.687. The molecule has 166 valence electrons. The van der Waals surface area contributed by atoms with E-state index in [1.165, 1.54) is 24.3 Å². The van der Waals surface area contributed by atoms with Gasteiger partial charge in [-0.25, -0.2) is 17.2 Å². The summed E-state index contributed by atoms with van der Waals surface area (Å²) < 4.78 is 67.4. The number of ketones is 1. The maximum Gasteiger partial charge on any atom is 0.189 e. The van der Waals surface area contributed by atoms with Crippen LogP contribution in [0.25, 0.3) is 0 Å². The molecule has 0 N–H and O–H groups in total. The highest BCUT2D eigenvalue weighted by Gasteiger charge is 2.61. The van der Waals surface area contributed by atoms with Gasteiger partial charge in [-0.05, 0) is 42.8 Å². The molecule has 2 heterocycles. The lowest BCUT2D eigenvalue weighted by atomic mass is 9.74. The van der Waals surface area contributed by atoms with Crippen LogP contribution in [0.5, 0.6) is 5.75 Å². The van der Waals surface area contributed by atoms with Gasteiger partial charge in [0.05, 0.1) is 23.2 Å². The Kier molecular flexibility index (Phi) is 5.83. The molecule has 1 fully saturated rings. The molecule has 0 aromatic heterocycles. The van der Waals surface area contributed by atoms with E-state index in [1.54, 1.807) is 6.92 Å². The number of sulfone groups is 1. The average Bonchev–Trinajstić information content (AvgIpc) is 2.76. The zero-order valence-corrected chi connectivity index (χ0v) is 18.3. The number of hydrogen-bond donors (Lipinski definition) is 0. The first-order valence-corrected chi connectivity index (χ1v) is 11.8. The molecule has 0 saturated carbocycles. The highest BCUT2D eigenvalue weighted by atomic mass is 35.5. The number of carbonyl (C=O) groups excluding carboxylic acids is 1. The lowest BCUT2D eigenvalue weighted by molar-refractivity contribution is -0.127. The quantitative estimate of drug-likeness (QED) is 0.645. The second kappa shape index (κ2) is 8.15. The van der Waals surface area contributed by atoms with Crippen LogP contribution in [0.4, 0.5) is 8.78 Å². The third kappa shape index (κ3) is 3.45. The molecule has 0 amide bonds. The maximum atomic E-state index is 15.2. The standard InChI is InChI=1S/C22H21ClF2O5S/c1-2-14(26)11-19-16-12-30-21-18(25)8-7-17(24)20(21)22(16,9-10-29-19)31(27,28)15-5-3-13(23)4-6-15/h3-8,16,19H,2,9-12H2,1H3/t16-,19-,22-/m0/s1. The Labute approximate surface area is 184 Å². The van der Waals surface area contributed by atoms with Gasteiger partial charge in [0, 0.05) is 30.4 Å². The lowest BCUT2D eigenvalue weighted by Crippen LogP contribution is -2.57. The summed E-state index contributed by atoms with van der Waals surface area (Å²) in [6, 6.07) is 7.36. The molecule has 2 aromatic carbocycles. The van der Waals surface area contributed by atoms with E-state index in [9.17, 15) is 17.6 Å². The molecule has 1 saturated heterocycles. The average molecular weight is 471 g/mol. The molecule has 0 bridgehead atoms. The predicted octanol–water partition coefficient (Wildman–Crippen LogP) is 4.45. The van der Waals surface area contributed by atoms with Crippen molar-refractivity contribution in [2.24, 2.45) is 5.92 Å². The van der Waals surface area contributed by atoms with Gasteiger partial charge in [0.1, 0.15) is 16.3 Å². The molecule has 3 atom stereocenters. The third-order valence-corrected chi connectivity index (χ3v) is 8.98. The first kappa shape index (κ1) is 22.2. The summed E-state index contributed by atoms with van der Waals surface area (Å²) in [7, 11) is -4.27. The number of benzene rings is 2. The zero-order valence-electron chi connectivity index (χ0n) is 16.7. The number of Topliss-reactive ketones (excluding diaryl/α,β-unsaturated/α-hetero) is 1. The van der Waals surface area contributed by atoms with Crippen LogP contribution >= 0.6 is 11.6 Å². The van der Waals surface area contributed by atoms with E-state index < -0.39 is 44.0 Å². The number of fused-ring (bicyclic) bond motifs is 3. The number of carbonyl (C=O) groups is 1. The summed E-state index contributed by atoms with van der Waals surface area (Å²) in [5, 5.41) is 0.344. The minimum absolute atomic E-state index is 0.0274. The first-order chi connectivity index (χ1) is 14.7. The van der Waals surface area contributed by atoms with Crippen LogP contribution in [0.2, 0.25) is 5.02 Å². The molecule has 9 heteroatoms. The Balaban J connectivity index is 1.98. The van der Waals surface area contributed by atoms with Crippen molar-refractivity contribution in [3.05, 3.63) is 58.6 Å². The minimum Gasteiger partial charge on any atom is -0.490 e. The topological polar surface area (TPSA) is 69.7 Å². The minimum atomic E-state index is -4.27. The van der Waals surface area contributed by atoms with E-state index in [4.69, 9.17) is 21.1 Å². The van der Waals surface area contributed by atoms with Crippen LogP contribution in [0, 0.1) is 17.6 Å². The van der Waals surface area contributed by atoms with Crippen LogP contribution in [0.1, 0.15) is 31.7 Å². The third-order valence-electron chi connectivity index (χ3n) is 6.17. The second-order valence-electron chi connectivity index (χ2n) is 7.75. The molecule has 4 rings (SSSR count). The summed E-state index contributed by atoms with van der Waals surface area (Å²) in [6.45, 7) is 1.45. The molecule has 2 aliphatic heterocycles. The summed E-state index contributed by atoms with van der Waals surface area (Å²) >= 11 is 5.92. The predicted molar refractivity (Wildman–Crippen MR) is 110 cm³/mol. The number of halogens is 3. The van der Waals surface area contributed by atoms with Crippen LogP contribution < -0.4 is 4.74 Å². The smallest absolute Gasteiger partial charge is 0.189 e. The van der Waals surface area contributed by atoms with E-state index in [0.29, 0.717) is 5.02 Å². The van der Waals surface area contributed by atoms with Crippen molar-refractivity contribution in [2.75, 3.05) is 13.2 Å². The fraction of sp³-hybridized carbons (Fsp3) is 0.409. The van der Waals surface area contributed by atoms with Crippen LogP contribution in [-0.2, 0) is 24.1 Å². The van der Waals surface area contributed by atoms with Gasteiger partial charge in [0.15, 0.2) is 21.4 Å². The summed E-state index contributed by atoms with van der Waals surface area (Å²) in [5.41, 5.74) is -0.337. The molecule has 0 aliphatic carbocycles. The van der Waals surface area contributed by atoms with Gasteiger partial charge in [-0.1, -0.05) is 18.5 Å². The van der Waals surface area contributed by atoms with E-state index in [1.807, 2.05) is 0 Å². The molecule has 5 nitrogen and oxygen atoms in total. The van der Waals surface area contributed by atoms with Crippen molar-refractivity contribution in [3.63, 3.8) is 0 Å². The van der Waals surface area contributed by atoms with Gasteiger partial charge in [0.2, 0.25) is 0 Å². The second-order valence-corrected chi connectivity index (χ2v) is 10.4. The molecule has 0 radical (unpaired) electrons. The van der Waals surface area contributed by atoms with Crippen molar-refractivity contribution in [1.82, 2.24) is 0 Å². The monoisotopic (exact) mass is 470 g/mol. The Morgan fingerprint density at radius 1 is 1.16 bits per heavy atom. The van der Waals surface area contributed by atoms with E-state index in [-0.39, 0.29) is 48.7 Å². The van der Waals surface area contributed by atoms with Gasteiger partial charge < -0.3 is 9.47 Å². The fourth-order valence-corrected chi connectivity index (χ4v) is 7.09. The van der Waals surface area contributed by atoms with Gasteiger partial charge in [0.25, 0.3) is 0 Å². The van der Waals surface area contributed by atoms with Crippen molar-refractivity contribution >= 4 is 27.2 Å². The maximum absolute atomic E-state index is 15.2. The largest absolute Gasteiger partial charge is 0.490 e. The summed E-state index contributed by atoms with van der Waals surface area (Å²) in [5.74, 6) is -3.14. The van der Waals surface area contributed by atoms with Crippen molar-refractivity contribution in [2.45, 2.75) is 41.9 Å². The van der Waals surface area contributed by atoms with Gasteiger partial charge in [-0.2, -0.15) is 0 Å². The molecular weight excluding hydrogens is 450 g/mol. The highest BCUT2D eigenvalue weighted by molar-refractivity contribution is 7.92. The normalized spacial score (nSPS) is 25.3. The SMILES string of the molecule is CCC(=O)C[C@@H]1OCC[C@@]2(S(=O)(=O)c3ccc(Cl)cc3)c3c(F)ccc(F)c3OC[C@@H]12. The molecular formula is C22H21ClF2O5S. The number of hydrogen-bond acceptors (Lipinski definition) is 5. The number of rotatable bonds is 5. The van der Waals surface area contributed by atoms with Crippen molar-refractivity contribution < 1.29 is 31.5 Å². The lowest BCUT2D eigenvalue weighted by Gasteiger charge is -2.50. The van der Waals surface area contributed by atoms with E-state index in [0.717, 1.165) is 12.1 Å². The molecule has 0 spiro atoms. The van der Waals surface area contributed by atoms with Gasteiger partial charge in [-0.15, -0.1) is 0 Å². The number of ether oxygens (including phenoxy) is 2. The van der Waals surface area contributed by atoms with Gasteiger partial charge in [-0.3, -0.25) is 4.79 Å². The Hall–Kier alpha value is -2.03. The van der Waals surface area contributed by atoms with Crippen molar-refractivity contribution in [3.8, 4) is 5.75 Å². The van der Waals surface area contributed by atoms with Gasteiger partial charge >= 0.3 is 0 Å². The Morgan fingerprint density at radius 2 is 1.84 bits per heavy atom. The Bertz CT molecular complexity index is 1120. The molecule has 0 unspecified atom stereocenters. The van der Waals surface area contributed by atoms with E-state index >= 15 is 4.39 Å². The summed E-state index contributed by atoms with van der Waals surface area (Å²) in [4.78, 5) is 12.1. The van der Waals surface area contributed by atoms with E-state index in [2.05, 4.69) is 0 Å². The first-order valence-electron chi connectivity index (χ1n) is 9.97. The molecule has 2 aromatic rings. The zero-order chi connectivity index (χ0) is 22.4. The van der Waals surface area contributed by atoms with Crippen LogP contribution in [0.15, 0.2) is 41.3 Å². The van der Waals surface area contributed by atoms with Crippen molar-refractivity contribution in [1.29, 1.82) is 0 Å². The highest BCUT2D eigenvalue weighted by Crippen LogP contribution is 2.55. The fourth-order valence-electron chi connectivity index (χ4n) is 4.62. The molecule has 31 heavy (non-hydrogen) atoms. The van der Waals surface area contributed by atoms with Crippen LogP contribution in [0.3, 0.4) is 0 Å².